The first-order chi connectivity index (χ1) is 9.80. The van der Waals surface area contributed by atoms with Crippen molar-refractivity contribution >= 4 is 5.97 Å². The van der Waals surface area contributed by atoms with Crippen molar-refractivity contribution in [1.29, 1.82) is 0 Å². The fourth-order valence-electron chi connectivity index (χ4n) is 3.36. The largest absolute Gasteiger partial charge is 0.491 e. The van der Waals surface area contributed by atoms with Gasteiger partial charge in [0.05, 0.1) is 12.0 Å². The zero-order valence-corrected chi connectivity index (χ0v) is 13.4. The molecule has 0 aliphatic heterocycles. The van der Waals surface area contributed by atoms with Gasteiger partial charge in [0.25, 0.3) is 0 Å². The molecule has 3 heteroatoms. The van der Waals surface area contributed by atoms with Crippen LogP contribution in [0.15, 0.2) is 24.3 Å². The number of para-hydroxylation sites is 1. The second-order valence-electron chi connectivity index (χ2n) is 7.16. The molecule has 1 aliphatic rings. The number of rotatable bonds is 4. The Morgan fingerprint density at radius 2 is 2.00 bits per heavy atom. The Morgan fingerprint density at radius 3 is 2.62 bits per heavy atom. The zero-order chi connectivity index (χ0) is 15.6. The van der Waals surface area contributed by atoms with Crippen molar-refractivity contribution in [3.8, 4) is 5.75 Å². The van der Waals surface area contributed by atoms with Crippen LogP contribution in [0.5, 0.6) is 5.75 Å². The number of aliphatic carboxylic acids is 1. The maximum Gasteiger partial charge on any atom is 0.307 e. The minimum Gasteiger partial charge on any atom is -0.491 e. The van der Waals surface area contributed by atoms with Gasteiger partial charge in [0, 0.05) is 5.92 Å². The molecule has 0 aromatic heterocycles. The van der Waals surface area contributed by atoms with E-state index in [4.69, 9.17) is 4.74 Å². The summed E-state index contributed by atoms with van der Waals surface area (Å²) in [6.45, 7) is 8.44. The molecule has 1 saturated carbocycles. The highest BCUT2D eigenvalue weighted by Gasteiger charge is 2.40. The molecule has 0 amide bonds. The Kier molecular flexibility index (Phi) is 4.60. The SMILES string of the molecule is CC(C)Oc1ccccc1C1CC(C)(C)CCC1C(=O)O. The molecule has 2 rings (SSSR count). The Labute approximate surface area is 127 Å². The quantitative estimate of drug-likeness (QED) is 0.890. The standard InChI is InChI=1S/C18H26O3/c1-12(2)21-16-8-6-5-7-13(16)15-11-18(3,4)10-9-14(15)17(19)20/h5-8,12,14-15H,9-11H2,1-4H3,(H,19,20). The average Bonchev–Trinajstić information content (AvgIpc) is 2.37. The molecule has 1 N–H and O–H groups in total. The molecule has 21 heavy (non-hydrogen) atoms. The lowest BCUT2D eigenvalue weighted by Gasteiger charge is -2.39. The van der Waals surface area contributed by atoms with Crippen LogP contribution in [-0.4, -0.2) is 17.2 Å². The molecule has 1 aromatic rings. The molecule has 0 spiro atoms. The topological polar surface area (TPSA) is 46.5 Å². The van der Waals surface area contributed by atoms with Crippen LogP contribution in [0.2, 0.25) is 0 Å². The molecule has 0 radical (unpaired) electrons. The van der Waals surface area contributed by atoms with Crippen LogP contribution in [0.1, 0.15) is 58.4 Å². The number of hydrogen-bond acceptors (Lipinski definition) is 2. The Hall–Kier alpha value is -1.51. The molecule has 1 fully saturated rings. The molecular formula is C18H26O3. The van der Waals surface area contributed by atoms with E-state index in [-0.39, 0.29) is 23.4 Å². The number of ether oxygens (including phenoxy) is 1. The van der Waals surface area contributed by atoms with Gasteiger partial charge in [-0.15, -0.1) is 0 Å². The summed E-state index contributed by atoms with van der Waals surface area (Å²) in [6, 6.07) is 7.91. The van der Waals surface area contributed by atoms with Crippen molar-refractivity contribution in [2.75, 3.05) is 0 Å². The lowest BCUT2D eigenvalue weighted by Crippen LogP contribution is -2.33. The van der Waals surface area contributed by atoms with Gasteiger partial charge < -0.3 is 9.84 Å². The average molecular weight is 290 g/mol. The zero-order valence-electron chi connectivity index (χ0n) is 13.4. The molecule has 2 atom stereocenters. The number of benzene rings is 1. The fourth-order valence-corrected chi connectivity index (χ4v) is 3.36. The van der Waals surface area contributed by atoms with Crippen molar-refractivity contribution in [3.63, 3.8) is 0 Å². The van der Waals surface area contributed by atoms with Gasteiger partial charge in [0.2, 0.25) is 0 Å². The normalized spacial score (nSPS) is 24.8. The van der Waals surface area contributed by atoms with Crippen LogP contribution in [0.3, 0.4) is 0 Å². The van der Waals surface area contributed by atoms with Crippen LogP contribution in [0, 0.1) is 11.3 Å². The van der Waals surface area contributed by atoms with E-state index in [1.54, 1.807) is 0 Å². The summed E-state index contributed by atoms with van der Waals surface area (Å²) in [5.74, 6) is -0.132. The molecule has 0 bridgehead atoms. The van der Waals surface area contributed by atoms with Gasteiger partial charge in [-0.1, -0.05) is 32.0 Å². The number of carboxylic acids is 1. The maximum absolute atomic E-state index is 11.6. The minimum absolute atomic E-state index is 0.0289. The van der Waals surface area contributed by atoms with E-state index in [0.29, 0.717) is 0 Å². The number of carbonyl (C=O) groups is 1. The molecule has 0 heterocycles. The highest BCUT2D eigenvalue weighted by atomic mass is 16.5. The van der Waals surface area contributed by atoms with Crippen LogP contribution in [0.4, 0.5) is 0 Å². The van der Waals surface area contributed by atoms with E-state index < -0.39 is 5.97 Å². The molecular weight excluding hydrogens is 264 g/mol. The third kappa shape index (κ3) is 3.78. The first-order valence-electron chi connectivity index (χ1n) is 7.78. The second-order valence-corrected chi connectivity index (χ2v) is 7.16. The smallest absolute Gasteiger partial charge is 0.307 e. The van der Waals surface area contributed by atoms with Crippen LogP contribution >= 0.6 is 0 Å². The molecule has 2 unspecified atom stereocenters. The maximum atomic E-state index is 11.6. The van der Waals surface area contributed by atoms with Gasteiger partial charge in [0.1, 0.15) is 5.75 Å². The van der Waals surface area contributed by atoms with E-state index in [0.717, 1.165) is 30.6 Å². The first-order valence-corrected chi connectivity index (χ1v) is 7.78. The van der Waals surface area contributed by atoms with Gasteiger partial charge in [-0.05, 0) is 50.2 Å². The molecule has 1 aliphatic carbocycles. The van der Waals surface area contributed by atoms with Gasteiger partial charge in [0.15, 0.2) is 0 Å². The lowest BCUT2D eigenvalue weighted by atomic mass is 9.65. The summed E-state index contributed by atoms with van der Waals surface area (Å²) in [5.41, 5.74) is 1.23. The van der Waals surface area contributed by atoms with Crippen LogP contribution < -0.4 is 4.74 Å². The summed E-state index contributed by atoms with van der Waals surface area (Å²) in [4.78, 5) is 11.6. The molecule has 1 aromatic carbocycles. The van der Waals surface area contributed by atoms with Gasteiger partial charge in [-0.2, -0.15) is 0 Å². The highest BCUT2D eigenvalue weighted by molar-refractivity contribution is 5.72. The summed E-state index contributed by atoms with van der Waals surface area (Å²) in [6.07, 6.45) is 2.69. The number of carboxylic acid groups (broad SMARTS) is 1. The van der Waals surface area contributed by atoms with Gasteiger partial charge in [-0.25, -0.2) is 0 Å². The Balaban J connectivity index is 2.38. The second kappa shape index (κ2) is 6.08. The monoisotopic (exact) mass is 290 g/mol. The third-order valence-corrected chi connectivity index (χ3v) is 4.39. The van der Waals surface area contributed by atoms with Gasteiger partial charge in [-0.3, -0.25) is 4.79 Å². The molecule has 116 valence electrons. The Morgan fingerprint density at radius 1 is 1.33 bits per heavy atom. The summed E-state index contributed by atoms with van der Waals surface area (Å²) >= 11 is 0. The Bertz CT molecular complexity index is 505. The van der Waals surface area contributed by atoms with Crippen LogP contribution in [-0.2, 0) is 4.79 Å². The van der Waals surface area contributed by atoms with Gasteiger partial charge >= 0.3 is 5.97 Å². The van der Waals surface area contributed by atoms with Crippen molar-refractivity contribution in [1.82, 2.24) is 0 Å². The predicted molar refractivity (Wildman–Crippen MR) is 83.7 cm³/mol. The number of hydrogen-bond donors (Lipinski definition) is 1. The van der Waals surface area contributed by atoms with Crippen molar-refractivity contribution in [3.05, 3.63) is 29.8 Å². The minimum atomic E-state index is -0.685. The molecule has 0 saturated heterocycles. The van der Waals surface area contributed by atoms with E-state index in [1.807, 2.05) is 38.1 Å². The van der Waals surface area contributed by atoms with Crippen molar-refractivity contribution in [2.24, 2.45) is 11.3 Å². The van der Waals surface area contributed by atoms with E-state index >= 15 is 0 Å². The summed E-state index contributed by atoms with van der Waals surface area (Å²) in [5, 5.41) is 9.57. The molecule has 3 nitrogen and oxygen atoms in total. The van der Waals surface area contributed by atoms with E-state index in [9.17, 15) is 9.90 Å². The summed E-state index contributed by atoms with van der Waals surface area (Å²) < 4.78 is 5.90. The van der Waals surface area contributed by atoms with E-state index in [1.165, 1.54) is 0 Å². The van der Waals surface area contributed by atoms with Crippen molar-refractivity contribution < 1.29 is 14.6 Å². The van der Waals surface area contributed by atoms with Crippen molar-refractivity contribution in [2.45, 2.75) is 59.0 Å². The fraction of sp³-hybridized carbons (Fsp3) is 0.611. The highest BCUT2D eigenvalue weighted by Crippen LogP contribution is 2.48. The van der Waals surface area contributed by atoms with Crippen LogP contribution in [0.25, 0.3) is 0 Å². The lowest BCUT2D eigenvalue weighted by molar-refractivity contribution is -0.144. The third-order valence-electron chi connectivity index (χ3n) is 4.39. The summed E-state index contributed by atoms with van der Waals surface area (Å²) in [7, 11) is 0. The van der Waals surface area contributed by atoms with E-state index in [2.05, 4.69) is 13.8 Å². The first kappa shape index (κ1) is 15.9. The predicted octanol–water partition coefficient (Wildman–Crippen LogP) is 4.47.